The number of aryl methyl sites for hydroxylation is 1. The molecule has 1 aliphatic heterocycles. The van der Waals surface area contributed by atoms with E-state index in [1.165, 1.54) is 0 Å². The van der Waals surface area contributed by atoms with Crippen molar-refractivity contribution in [2.75, 3.05) is 18.5 Å². The number of rotatable bonds is 4. The van der Waals surface area contributed by atoms with Gasteiger partial charge in [0, 0.05) is 31.0 Å². The van der Waals surface area contributed by atoms with Crippen LogP contribution in [0.15, 0.2) is 18.5 Å². The van der Waals surface area contributed by atoms with Crippen molar-refractivity contribution >= 4 is 5.82 Å². The maximum atomic E-state index is 5.41. The topological polar surface area (TPSA) is 75.7 Å². The molecule has 6 heteroatoms. The molecule has 0 spiro atoms. The van der Waals surface area contributed by atoms with Crippen LogP contribution in [-0.2, 0) is 11.3 Å². The highest BCUT2D eigenvalue weighted by atomic mass is 16.5. The number of H-pyrrole nitrogens is 1. The van der Waals surface area contributed by atoms with Gasteiger partial charge in [-0.3, -0.25) is 0 Å². The van der Waals surface area contributed by atoms with Crippen molar-refractivity contribution < 1.29 is 4.74 Å². The SMILES string of the molecule is Cc1nc(NCc2ncc[nH]2)cc(C2CCOC2)n1. The third kappa shape index (κ3) is 2.90. The van der Waals surface area contributed by atoms with Gasteiger partial charge >= 0.3 is 0 Å². The molecule has 0 bridgehead atoms. The van der Waals surface area contributed by atoms with E-state index in [9.17, 15) is 0 Å². The minimum absolute atomic E-state index is 0.394. The summed E-state index contributed by atoms with van der Waals surface area (Å²) >= 11 is 0. The molecule has 1 saturated heterocycles. The van der Waals surface area contributed by atoms with E-state index in [1.54, 1.807) is 6.20 Å². The van der Waals surface area contributed by atoms with E-state index in [0.29, 0.717) is 12.5 Å². The third-order valence-corrected chi connectivity index (χ3v) is 3.20. The zero-order chi connectivity index (χ0) is 13.1. The van der Waals surface area contributed by atoms with Gasteiger partial charge in [0.05, 0.1) is 18.8 Å². The molecule has 2 aromatic heterocycles. The van der Waals surface area contributed by atoms with Gasteiger partial charge in [-0.25, -0.2) is 15.0 Å². The van der Waals surface area contributed by atoms with Crippen LogP contribution in [0.4, 0.5) is 5.82 Å². The molecule has 0 amide bonds. The molecular formula is C13H17N5O. The maximum Gasteiger partial charge on any atom is 0.130 e. The van der Waals surface area contributed by atoms with Crippen LogP contribution < -0.4 is 5.32 Å². The number of nitrogens with zero attached hydrogens (tertiary/aromatic N) is 3. The Morgan fingerprint density at radius 2 is 2.42 bits per heavy atom. The average molecular weight is 259 g/mol. The lowest BCUT2D eigenvalue weighted by molar-refractivity contribution is 0.193. The Kier molecular flexibility index (Phi) is 3.41. The van der Waals surface area contributed by atoms with Gasteiger partial charge in [-0.15, -0.1) is 0 Å². The van der Waals surface area contributed by atoms with Crippen molar-refractivity contribution in [3.8, 4) is 0 Å². The van der Waals surface area contributed by atoms with E-state index in [0.717, 1.165) is 42.8 Å². The lowest BCUT2D eigenvalue weighted by Gasteiger charge is -2.11. The second-order valence-corrected chi connectivity index (χ2v) is 4.68. The number of anilines is 1. The van der Waals surface area contributed by atoms with Crippen LogP contribution in [-0.4, -0.2) is 33.1 Å². The van der Waals surface area contributed by atoms with Crippen molar-refractivity contribution in [2.24, 2.45) is 0 Å². The molecule has 1 unspecified atom stereocenters. The quantitative estimate of drug-likeness (QED) is 0.872. The summed E-state index contributed by atoms with van der Waals surface area (Å²) in [5, 5.41) is 3.27. The standard InChI is InChI=1S/C13H17N5O/c1-9-17-11(10-2-5-19-8-10)6-12(18-9)16-7-13-14-3-4-15-13/h3-4,6,10H,2,5,7-8H2,1H3,(H,14,15)(H,16,17,18). The van der Waals surface area contributed by atoms with Gasteiger partial charge in [-0.2, -0.15) is 0 Å². The highest BCUT2D eigenvalue weighted by molar-refractivity contribution is 5.37. The Morgan fingerprint density at radius 1 is 1.47 bits per heavy atom. The van der Waals surface area contributed by atoms with Crippen LogP contribution >= 0.6 is 0 Å². The van der Waals surface area contributed by atoms with Crippen LogP contribution in [0.25, 0.3) is 0 Å². The fourth-order valence-corrected chi connectivity index (χ4v) is 2.23. The molecular weight excluding hydrogens is 242 g/mol. The fourth-order valence-electron chi connectivity index (χ4n) is 2.23. The molecule has 0 aliphatic carbocycles. The zero-order valence-electron chi connectivity index (χ0n) is 10.9. The van der Waals surface area contributed by atoms with Gasteiger partial charge < -0.3 is 15.0 Å². The van der Waals surface area contributed by atoms with Gasteiger partial charge in [0.15, 0.2) is 0 Å². The first-order chi connectivity index (χ1) is 9.31. The maximum absolute atomic E-state index is 5.41. The van der Waals surface area contributed by atoms with Crippen molar-refractivity contribution in [1.82, 2.24) is 19.9 Å². The highest BCUT2D eigenvalue weighted by Crippen LogP contribution is 2.25. The Hall–Kier alpha value is -1.95. The number of aromatic amines is 1. The molecule has 3 rings (SSSR count). The van der Waals surface area contributed by atoms with E-state index in [-0.39, 0.29) is 0 Å². The summed E-state index contributed by atoms with van der Waals surface area (Å²) in [6.45, 7) is 4.12. The van der Waals surface area contributed by atoms with Crippen molar-refractivity contribution in [3.63, 3.8) is 0 Å². The molecule has 0 radical (unpaired) electrons. The molecule has 0 aromatic carbocycles. The van der Waals surface area contributed by atoms with E-state index >= 15 is 0 Å². The van der Waals surface area contributed by atoms with Gasteiger partial charge in [-0.05, 0) is 13.3 Å². The van der Waals surface area contributed by atoms with Crippen molar-refractivity contribution in [3.05, 3.63) is 35.8 Å². The Balaban J connectivity index is 1.73. The summed E-state index contributed by atoms with van der Waals surface area (Å²) < 4.78 is 5.41. The largest absolute Gasteiger partial charge is 0.381 e. The Morgan fingerprint density at radius 3 is 3.16 bits per heavy atom. The first kappa shape index (κ1) is 12.1. The first-order valence-electron chi connectivity index (χ1n) is 6.47. The minimum atomic E-state index is 0.394. The lowest BCUT2D eigenvalue weighted by atomic mass is 10.0. The van der Waals surface area contributed by atoms with Gasteiger partial charge in [0.25, 0.3) is 0 Å². The molecule has 2 N–H and O–H groups in total. The second-order valence-electron chi connectivity index (χ2n) is 4.68. The number of hydrogen-bond acceptors (Lipinski definition) is 5. The second kappa shape index (κ2) is 5.36. The van der Waals surface area contributed by atoms with Crippen LogP contribution in [0.3, 0.4) is 0 Å². The third-order valence-electron chi connectivity index (χ3n) is 3.20. The van der Waals surface area contributed by atoms with Crippen molar-refractivity contribution in [2.45, 2.75) is 25.8 Å². The fraction of sp³-hybridized carbons (Fsp3) is 0.462. The van der Waals surface area contributed by atoms with E-state index in [1.807, 2.05) is 19.2 Å². The van der Waals surface area contributed by atoms with Crippen LogP contribution in [0.1, 0.15) is 29.7 Å². The van der Waals surface area contributed by atoms with Gasteiger partial charge in [-0.1, -0.05) is 0 Å². The predicted octanol–water partition coefficient (Wildman–Crippen LogP) is 1.62. The van der Waals surface area contributed by atoms with Crippen LogP contribution in [0.5, 0.6) is 0 Å². The highest BCUT2D eigenvalue weighted by Gasteiger charge is 2.20. The summed E-state index contributed by atoms with van der Waals surface area (Å²) in [5.74, 6) is 2.91. The summed E-state index contributed by atoms with van der Waals surface area (Å²) in [5.41, 5.74) is 1.06. The number of nitrogens with one attached hydrogen (secondary N) is 2. The smallest absolute Gasteiger partial charge is 0.130 e. The summed E-state index contributed by atoms with van der Waals surface area (Å²) in [4.78, 5) is 16.1. The number of ether oxygens (including phenoxy) is 1. The summed E-state index contributed by atoms with van der Waals surface area (Å²) in [6.07, 6.45) is 4.58. The first-order valence-corrected chi connectivity index (χ1v) is 6.47. The van der Waals surface area contributed by atoms with Crippen LogP contribution in [0, 0.1) is 6.92 Å². The molecule has 100 valence electrons. The number of hydrogen-bond donors (Lipinski definition) is 2. The monoisotopic (exact) mass is 259 g/mol. The summed E-state index contributed by atoms with van der Waals surface area (Å²) in [7, 11) is 0. The Labute approximate surface area is 111 Å². The minimum Gasteiger partial charge on any atom is -0.381 e. The van der Waals surface area contributed by atoms with Crippen LogP contribution in [0.2, 0.25) is 0 Å². The zero-order valence-corrected chi connectivity index (χ0v) is 10.9. The van der Waals surface area contributed by atoms with Gasteiger partial charge in [0.1, 0.15) is 17.5 Å². The normalized spacial score (nSPS) is 18.7. The van der Waals surface area contributed by atoms with E-state index in [4.69, 9.17) is 4.74 Å². The molecule has 1 atom stereocenters. The number of imidazole rings is 1. The van der Waals surface area contributed by atoms with E-state index < -0.39 is 0 Å². The summed E-state index contributed by atoms with van der Waals surface area (Å²) in [6, 6.07) is 2.01. The predicted molar refractivity (Wildman–Crippen MR) is 70.9 cm³/mol. The van der Waals surface area contributed by atoms with Gasteiger partial charge in [0.2, 0.25) is 0 Å². The number of aromatic nitrogens is 4. The molecule has 3 heterocycles. The lowest BCUT2D eigenvalue weighted by Crippen LogP contribution is -2.08. The molecule has 2 aromatic rings. The average Bonchev–Trinajstić information content (AvgIpc) is 3.09. The molecule has 1 aliphatic rings. The van der Waals surface area contributed by atoms with Crippen molar-refractivity contribution in [1.29, 1.82) is 0 Å². The molecule has 19 heavy (non-hydrogen) atoms. The van der Waals surface area contributed by atoms with E-state index in [2.05, 4.69) is 25.3 Å². The molecule has 1 fully saturated rings. The molecule has 6 nitrogen and oxygen atoms in total. The molecule has 0 saturated carbocycles. The Bertz CT molecular complexity index is 534.